The smallest absolute Gasteiger partial charge is 0.249 e. The fourth-order valence-corrected chi connectivity index (χ4v) is 4.72. The highest BCUT2D eigenvalue weighted by Gasteiger charge is 2.49. The van der Waals surface area contributed by atoms with Crippen molar-refractivity contribution in [3.8, 4) is 11.5 Å². The molecule has 1 atom stereocenters. The Labute approximate surface area is 169 Å². The Kier molecular flexibility index (Phi) is 4.83. The van der Waals surface area contributed by atoms with E-state index in [4.69, 9.17) is 4.42 Å². The van der Waals surface area contributed by atoms with Crippen molar-refractivity contribution in [2.24, 2.45) is 11.3 Å². The number of amides is 1. The van der Waals surface area contributed by atoms with E-state index >= 15 is 0 Å². The molecule has 2 aromatic rings. The Balaban J connectivity index is 1.21. The number of piperidine rings is 2. The molecule has 3 aliphatic rings. The molecule has 1 spiro atoms. The minimum absolute atomic E-state index is 0.256. The first-order valence-corrected chi connectivity index (χ1v) is 10.5. The van der Waals surface area contributed by atoms with Crippen LogP contribution in [0.4, 0.5) is 0 Å². The topological polar surface area (TPSA) is 95.6 Å². The van der Waals surface area contributed by atoms with Gasteiger partial charge in [0, 0.05) is 25.5 Å². The Bertz CT molecular complexity index is 856. The van der Waals surface area contributed by atoms with Crippen LogP contribution in [-0.4, -0.2) is 68.3 Å². The standard InChI is InChI=1S/C21H27N5O3/c27-17-10-21(20(28)26(13-17)12-15-3-4-15)5-8-25(9-6-21)14-18-23-24-19(29-18)16-2-1-7-22-11-16/h1-2,7,11,15,17,27H,3-6,8-10,12-14H2. The minimum Gasteiger partial charge on any atom is -0.419 e. The first-order chi connectivity index (χ1) is 14.1. The summed E-state index contributed by atoms with van der Waals surface area (Å²) in [5.41, 5.74) is 0.403. The van der Waals surface area contributed by atoms with Crippen LogP contribution in [0.2, 0.25) is 0 Å². The lowest BCUT2D eigenvalue weighted by Gasteiger charge is -2.47. The van der Waals surface area contributed by atoms with Gasteiger partial charge in [0.25, 0.3) is 0 Å². The Morgan fingerprint density at radius 1 is 1.24 bits per heavy atom. The van der Waals surface area contributed by atoms with Gasteiger partial charge in [0.15, 0.2) is 0 Å². The van der Waals surface area contributed by atoms with Gasteiger partial charge in [-0.05, 0) is 63.2 Å². The predicted molar refractivity (Wildman–Crippen MR) is 104 cm³/mol. The monoisotopic (exact) mass is 397 g/mol. The van der Waals surface area contributed by atoms with E-state index in [1.807, 2.05) is 17.0 Å². The molecule has 1 aliphatic carbocycles. The van der Waals surface area contributed by atoms with E-state index in [1.165, 1.54) is 12.8 Å². The van der Waals surface area contributed by atoms with Crippen LogP contribution in [0, 0.1) is 11.3 Å². The molecule has 1 amide bonds. The maximum absolute atomic E-state index is 13.2. The van der Waals surface area contributed by atoms with Gasteiger partial charge in [0.2, 0.25) is 17.7 Å². The van der Waals surface area contributed by atoms with Gasteiger partial charge in [-0.25, -0.2) is 0 Å². The van der Waals surface area contributed by atoms with Crippen LogP contribution in [0.25, 0.3) is 11.5 Å². The Hall–Kier alpha value is -2.32. The van der Waals surface area contributed by atoms with Crippen LogP contribution < -0.4 is 0 Å². The molecule has 2 aromatic heterocycles. The molecule has 29 heavy (non-hydrogen) atoms. The van der Waals surface area contributed by atoms with Crippen molar-refractivity contribution < 1.29 is 14.3 Å². The van der Waals surface area contributed by atoms with Gasteiger partial charge in [0.1, 0.15) is 0 Å². The van der Waals surface area contributed by atoms with Gasteiger partial charge in [-0.3, -0.25) is 14.7 Å². The number of rotatable bonds is 5. The zero-order valence-corrected chi connectivity index (χ0v) is 16.5. The Morgan fingerprint density at radius 3 is 2.79 bits per heavy atom. The third-order valence-electron chi connectivity index (χ3n) is 6.52. The van der Waals surface area contributed by atoms with Gasteiger partial charge in [-0.15, -0.1) is 10.2 Å². The molecule has 1 unspecified atom stereocenters. The number of hydrogen-bond donors (Lipinski definition) is 1. The fraction of sp³-hybridized carbons (Fsp3) is 0.619. The van der Waals surface area contributed by atoms with Crippen molar-refractivity contribution in [1.82, 2.24) is 25.0 Å². The molecular formula is C21H27N5O3. The van der Waals surface area contributed by atoms with Gasteiger partial charge in [0.05, 0.1) is 23.6 Å². The number of carbonyl (C=O) groups is 1. The molecule has 4 heterocycles. The first-order valence-electron chi connectivity index (χ1n) is 10.5. The lowest BCUT2D eigenvalue weighted by Crippen LogP contribution is -2.57. The molecule has 8 nitrogen and oxygen atoms in total. The summed E-state index contributed by atoms with van der Waals surface area (Å²) < 4.78 is 5.80. The summed E-state index contributed by atoms with van der Waals surface area (Å²) >= 11 is 0. The molecule has 2 saturated heterocycles. The molecule has 8 heteroatoms. The summed E-state index contributed by atoms with van der Waals surface area (Å²) in [6.07, 6.45) is 7.57. The second kappa shape index (κ2) is 7.50. The third-order valence-corrected chi connectivity index (χ3v) is 6.52. The molecule has 1 saturated carbocycles. The highest BCUT2D eigenvalue weighted by Crippen LogP contribution is 2.42. The maximum atomic E-state index is 13.2. The zero-order chi connectivity index (χ0) is 19.8. The van der Waals surface area contributed by atoms with Crippen LogP contribution in [0.15, 0.2) is 28.9 Å². The second-order valence-corrected chi connectivity index (χ2v) is 8.81. The first kappa shape index (κ1) is 18.7. The summed E-state index contributed by atoms with van der Waals surface area (Å²) in [4.78, 5) is 21.5. The van der Waals surface area contributed by atoms with E-state index in [9.17, 15) is 9.90 Å². The zero-order valence-electron chi connectivity index (χ0n) is 16.5. The third kappa shape index (κ3) is 3.91. The van der Waals surface area contributed by atoms with Crippen molar-refractivity contribution in [1.29, 1.82) is 0 Å². The van der Waals surface area contributed by atoms with E-state index in [-0.39, 0.29) is 5.91 Å². The van der Waals surface area contributed by atoms with E-state index in [2.05, 4.69) is 20.1 Å². The van der Waals surface area contributed by atoms with Gasteiger partial charge < -0.3 is 14.4 Å². The predicted octanol–water partition coefficient (Wildman–Crippen LogP) is 1.72. The van der Waals surface area contributed by atoms with Gasteiger partial charge in [-0.1, -0.05) is 0 Å². The quantitative estimate of drug-likeness (QED) is 0.821. The molecule has 5 rings (SSSR count). The van der Waals surface area contributed by atoms with Crippen molar-refractivity contribution >= 4 is 5.91 Å². The van der Waals surface area contributed by atoms with Crippen molar-refractivity contribution in [2.75, 3.05) is 26.2 Å². The van der Waals surface area contributed by atoms with Crippen molar-refractivity contribution in [3.63, 3.8) is 0 Å². The maximum Gasteiger partial charge on any atom is 0.249 e. The molecule has 2 aliphatic heterocycles. The molecule has 3 fully saturated rings. The number of carbonyl (C=O) groups excluding carboxylic acids is 1. The number of nitrogens with zero attached hydrogens (tertiary/aromatic N) is 5. The molecule has 0 bridgehead atoms. The number of hydrogen-bond acceptors (Lipinski definition) is 7. The minimum atomic E-state index is -0.406. The number of pyridine rings is 1. The normalized spacial score (nSPS) is 24.9. The number of aromatic nitrogens is 3. The van der Waals surface area contributed by atoms with E-state index in [1.54, 1.807) is 12.4 Å². The van der Waals surface area contributed by atoms with Crippen LogP contribution in [-0.2, 0) is 11.3 Å². The average Bonchev–Trinajstić information content (AvgIpc) is 3.43. The van der Waals surface area contributed by atoms with Crippen molar-refractivity contribution in [3.05, 3.63) is 30.4 Å². The second-order valence-electron chi connectivity index (χ2n) is 8.81. The Morgan fingerprint density at radius 2 is 2.07 bits per heavy atom. The van der Waals surface area contributed by atoms with E-state index < -0.39 is 11.5 Å². The summed E-state index contributed by atoms with van der Waals surface area (Å²) in [6.45, 7) is 3.48. The van der Waals surface area contributed by atoms with E-state index in [0.29, 0.717) is 37.2 Å². The summed E-state index contributed by atoms with van der Waals surface area (Å²) in [5, 5.41) is 18.7. The summed E-state index contributed by atoms with van der Waals surface area (Å²) in [5.74, 6) is 1.95. The molecule has 0 aromatic carbocycles. The highest BCUT2D eigenvalue weighted by molar-refractivity contribution is 5.84. The average molecular weight is 397 g/mol. The fourth-order valence-electron chi connectivity index (χ4n) is 4.72. The lowest BCUT2D eigenvalue weighted by molar-refractivity contribution is -0.157. The number of aliphatic hydroxyl groups excluding tert-OH is 1. The number of β-amino-alcohol motifs (C(OH)–C–C–N with tert-alkyl or cyclic N) is 1. The van der Waals surface area contributed by atoms with Crippen LogP contribution in [0.5, 0.6) is 0 Å². The lowest BCUT2D eigenvalue weighted by atomic mass is 9.71. The van der Waals surface area contributed by atoms with E-state index in [0.717, 1.165) is 38.0 Å². The van der Waals surface area contributed by atoms with Gasteiger partial charge >= 0.3 is 0 Å². The molecular weight excluding hydrogens is 370 g/mol. The molecule has 0 radical (unpaired) electrons. The molecule has 154 valence electrons. The SMILES string of the molecule is O=C1N(CC2CC2)CC(O)CC12CCN(Cc1nnc(-c3cccnc3)o1)CC2. The summed E-state index contributed by atoms with van der Waals surface area (Å²) in [6, 6.07) is 3.73. The highest BCUT2D eigenvalue weighted by atomic mass is 16.4. The number of likely N-dealkylation sites (tertiary alicyclic amines) is 2. The van der Waals surface area contributed by atoms with Crippen LogP contribution >= 0.6 is 0 Å². The van der Waals surface area contributed by atoms with Gasteiger partial charge in [-0.2, -0.15) is 0 Å². The number of aliphatic hydroxyl groups is 1. The van der Waals surface area contributed by atoms with Crippen molar-refractivity contribution in [2.45, 2.75) is 44.8 Å². The summed E-state index contributed by atoms with van der Waals surface area (Å²) in [7, 11) is 0. The van der Waals surface area contributed by atoms with Crippen LogP contribution in [0.1, 0.15) is 38.0 Å². The largest absolute Gasteiger partial charge is 0.419 e. The van der Waals surface area contributed by atoms with Crippen LogP contribution in [0.3, 0.4) is 0 Å². The molecule has 1 N–H and O–H groups in total.